The van der Waals surface area contributed by atoms with Gasteiger partial charge in [-0.2, -0.15) is 0 Å². The third kappa shape index (κ3) is 4.00. The van der Waals surface area contributed by atoms with Gasteiger partial charge in [0.25, 0.3) is 5.56 Å². The molecule has 0 atom stereocenters. The number of aryl methyl sites for hydroxylation is 2. The van der Waals surface area contributed by atoms with E-state index in [1.807, 2.05) is 13.8 Å². The monoisotopic (exact) mass is 420 g/mol. The summed E-state index contributed by atoms with van der Waals surface area (Å²) in [6.07, 6.45) is 2.47. The number of piperidine rings is 1. The number of hydrogen-bond donors (Lipinski definition) is 0. The number of nitrogens with zero attached hydrogens (tertiary/aromatic N) is 3. The predicted molar refractivity (Wildman–Crippen MR) is 109 cm³/mol. The van der Waals surface area contributed by atoms with Gasteiger partial charge in [-0.05, 0) is 32.3 Å². The molecule has 1 aliphatic heterocycles. The van der Waals surface area contributed by atoms with Gasteiger partial charge in [0.15, 0.2) is 5.16 Å². The maximum atomic E-state index is 12.9. The number of thioether (sulfide) groups is 1. The smallest absolute Gasteiger partial charge is 0.263 e. The van der Waals surface area contributed by atoms with Crippen molar-refractivity contribution in [1.82, 2.24) is 14.5 Å². The highest BCUT2D eigenvalue weighted by Crippen LogP contribution is 2.28. The Kier molecular flexibility index (Phi) is 6.24. The van der Waals surface area contributed by atoms with Gasteiger partial charge < -0.3 is 14.8 Å². The first-order chi connectivity index (χ1) is 13.3. The first kappa shape index (κ1) is 20.6. The molecule has 150 valence electrons. The molecule has 0 radical (unpaired) electrons. The molecular weight excluding hydrogens is 398 g/mol. The lowest BCUT2D eigenvalue weighted by Crippen LogP contribution is -2.44. The van der Waals surface area contributed by atoms with Crippen LogP contribution in [0.3, 0.4) is 0 Å². The molecule has 1 aliphatic rings. The molecule has 0 spiro atoms. The Hall–Kier alpha value is -2.13. The highest BCUT2D eigenvalue weighted by molar-refractivity contribution is 7.99. The van der Waals surface area contributed by atoms with Crippen LogP contribution >= 0.6 is 23.1 Å². The summed E-state index contributed by atoms with van der Waals surface area (Å²) in [5.74, 6) is -1.47. The first-order valence-electron chi connectivity index (χ1n) is 9.06. The van der Waals surface area contributed by atoms with Gasteiger partial charge in [-0.1, -0.05) is 17.8 Å². The summed E-state index contributed by atoms with van der Waals surface area (Å²) in [6.45, 7) is 8.74. The zero-order chi connectivity index (χ0) is 20.4. The number of carboxylic acids is 1. The number of allylic oxidation sites excluding steroid dienone is 1. The molecule has 1 fully saturated rings. The minimum absolute atomic E-state index is 0.0835. The number of carboxylic acid groups (broad SMARTS) is 1. The number of thiophene rings is 1. The van der Waals surface area contributed by atoms with E-state index in [2.05, 4.69) is 11.6 Å². The Labute approximate surface area is 171 Å². The van der Waals surface area contributed by atoms with Crippen LogP contribution in [0.15, 0.2) is 22.6 Å². The molecule has 7 nitrogen and oxygen atoms in total. The molecular formula is C19H22N3O4S2-. The number of rotatable bonds is 6. The van der Waals surface area contributed by atoms with Crippen molar-refractivity contribution >= 4 is 45.2 Å². The Balaban J connectivity index is 1.77. The average molecular weight is 421 g/mol. The van der Waals surface area contributed by atoms with Crippen LogP contribution < -0.4 is 10.7 Å². The van der Waals surface area contributed by atoms with Gasteiger partial charge in [-0.3, -0.25) is 14.2 Å². The fourth-order valence-corrected chi connectivity index (χ4v) is 5.27. The minimum Gasteiger partial charge on any atom is -0.550 e. The van der Waals surface area contributed by atoms with E-state index in [4.69, 9.17) is 0 Å². The molecule has 3 heterocycles. The molecule has 1 saturated heterocycles. The zero-order valence-corrected chi connectivity index (χ0v) is 17.5. The van der Waals surface area contributed by atoms with Crippen molar-refractivity contribution in [3.63, 3.8) is 0 Å². The number of aliphatic carboxylic acids is 1. The number of carbonyl (C=O) groups excluding carboxylic acids is 2. The summed E-state index contributed by atoms with van der Waals surface area (Å²) in [7, 11) is 0. The molecule has 1 amide bonds. The van der Waals surface area contributed by atoms with Crippen LogP contribution in [-0.4, -0.2) is 45.2 Å². The minimum atomic E-state index is -1.05. The maximum absolute atomic E-state index is 12.9. The van der Waals surface area contributed by atoms with Crippen LogP contribution in [0.25, 0.3) is 10.2 Å². The number of likely N-dealkylation sites (tertiary alicyclic amines) is 1. The van der Waals surface area contributed by atoms with Gasteiger partial charge >= 0.3 is 0 Å². The summed E-state index contributed by atoms with van der Waals surface area (Å²) in [5, 5.41) is 12.1. The third-order valence-electron chi connectivity index (χ3n) is 5.07. The van der Waals surface area contributed by atoms with E-state index >= 15 is 0 Å². The number of carbonyl (C=O) groups is 2. The summed E-state index contributed by atoms with van der Waals surface area (Å²) >= 11 is 2.71. The molecule has 28 heavy (non-hydrogen) atoms. The van der Waals surface area contributed by atoms with E-state index in [-0.39, 0.29) is 17.2 Å². The van der Waals surface area contributed by atoms with E-state index in [1.165, 1.54) is 23.1 Å². The summed E-state index contributed by atoms with van der Waals surface area (Å²) in [6, 6.07) is 0. The molecule has 2 aromatic rings. The summed E-state index contributed by atoms with van der Waals surface area (Å²) in [5.41, 5.74) is 0.829. The van der Waals surface area contributed by atoms with Gasteiger partial charge in [0.05, 0.1) is 11.1 Å². The fourth-order valence-electron chi connectivity index (χ4n) is 3.29. The molecule has 0 saturated carbocycles. The predicted octanol–water partition coefficient (Wildman–Crippen LogP) is 1.34. The SMILES string of the molecule is C=CCn1c(SCC(=O)N2CCC(C(=O)[O-])CC2)nc2sc(C)c(C)c2c1=O. The zero-order valence-electron chi connectivity index (χ0n) is 15.9. The first-order valence-corrected chi connectivity index (χ1v) is 10.9. The second-order valence-corrected chi connectivity index (χ2v) is 8.97. The standard InChI is InChI=1S/C19H23N3O4S2/c1-4-7-22-17(24)15-11(2)12(3)28-16(15)20-19(22)27-10-14(23)21-8-5-13(6-9-21)18(25)26/h4,13H,1,5-10H2,2-3H3,(H,25,26)/p-1. The Bertz CT molecular complexity index is 987. The van der Waals surface area contributed by atoms with E-state index in [0.717, 1.165) is 10.4 Å². The second-order valence-electron chi connectivity index (χ2n) is 6.82. The lowest BCUT2D eigenvalue weighted by atomic mass is 9.97. The third-order valence-corrected chi connectivity index (χ3v) is 7.13. The number of hydrogen-bond acceptors (Lipinski definition) is 7. The molecule has 9 heteroatoms. The van der Waals surface area contributed by atoms with E-state index in [9.17, 15) is 19.5 Å². The van der Waals surface area contributed by atoms with Gasteiger partial charge in [-0.25, -0.2) is 4.98 Å². The van der Waals surface area contributed by atoms with Gasteiger partial charge in [0.2, 0.25) is 5.91 Å². The Morgan fingerprint density at radius 3 is 2.64 bits per heavy atom. The van der Waals surface area contributed by atoms with Gasteiger partial charge in [0, 0.05) is 36.4 Å². The molecule has 0 unspecified atom stereocenters. The Morgan fingerprint density at radius 2 is 2.04 bits per heavy atom. The Morgan fingerprint density at radius 1 is 1.36 bits per heavy atom. The van der Waals surface area contributed by atoms with E-state index < -0.39 is 11.9 Å². The van der Waals surface area contributed by atoms with Crippen molar-refractivity contribution < 1.29 is 14.7 Å². The number of fused-ring (bicyclic) bond motifs is 1. The molecule has 0 N–H and O–H groups in total. The number of aromatic nitrogens is 2. The van der Waals surface area contributed by atoms with Crippen LogP contribution in [0.4, 0.5) is 0 Å². The number of amides is 1. The fraction of sp³-hybridized carbons (Fsp3) is 0.474. The van der Waals surface area contributed by atoms with Crippen LogP contribution in [0.1, 0.15) is 23.3 Å². The highest BCUT2D eigenvalue weighted by atomic mass is 32.2. The largest absolute Gasteiger partial charge is 0.550 e. The van der Waals surface area contributed by atoms with Crippen LogP contribution in [-0.2, 0) is 16.1 Å². The molecule has 2 aromatic heterocycles. The van der Waals surface area contributed by atoms with Gasteiger partial charge in [-0.15, -0.1) is 17.9 Å². The quantitative estimate of drug-likeness (QED) is 0.398. The summed E-state index contributed by atoms with van der Waals surface area (Å²) < 4.78 is 1.55. The van der Waals surface area contributed by atoms with Crippen molar-refractivity contribution in [2.45, 2.75) is 38.4 Å². The lowest BCUT2D eigenvalue weighted by molar-refractivity contribution is -0.312. The van der Waals surface area contributed by atoms with Gasteiger partial charge in [0.1, 0.15) is 4.83 Å². The van der Waals surface area contributed by atoms with Crippen LogP contribution in [0.2, 0.25) is 0 Å². The maximum Gasteiger partial charge on any atom is 0.263 e. The van der Waals surface area contributed by atoms with Crippen molar-refractivity contribution in [1.29, 1.82) is 0 Å². The molecule has 3 rings (SSSR count). The molecule has 0 aliphatic carbocycles. The molecule has 0 aromatic carbocycles. The summed E-state index contributed by atoms with van der Waals surface area (Å²) in [4.78, 5) is 44.4. The van der Waals surface area contributed by atoms with E-state index in [0.29, 0.717) is 47.8 Å². The normalized spacial score (nSPS) is 15.1. The van der Waals surface area contributed by atoms with E-state index in [1.54, 1.807) is 15.5 Å². The second kappa shape index (κ2) is 8.48. The topological polar surface area (TPSA) is 95.3 Å². The highest BCUT2D eigenvalue weighted by Gasteiger charge is 2.24. The van der Waals surface area contributed by atoms with Crippen molar-refractivity contribution in [2.75, 3.05) is 18.8 Å². The lowest BCUT2D eigenvalue weighted by Gasteiger charge is -2.32. The van der Waals surface area contributed by atoms with Crippen LogP contribution in [0.5, 0.6) is 0 Å². The average Bonchev–Trinajstić information content (AvgIpc) is 2.96. The van der Waals surface area contributed by atoms with Crippen molar-refractivity contribution in [3.05, 3.63) is 33.4 Å². The van der Waals surface area contributed by atoms with Crippen molar-refractivity contribution in [2.24, 2.45) is 5.92 Å². The van der Waals surface area contributed by atoms with Crippen LogP contribution in [0, 0.1) is 19.8 Å². The molecule has 0 bridgehead atoms. The van der Waals surface area contributed by atoms with Crippen molar-refractivity contribution in [3.8, 4) is 0 Å².